The summed E-state index contributed by atoms with van der Waals surface area (Å²) in [7, 11) is 0. The highest BCUT2D eigenvalue weighted by atomic mass is 16.5. The van der Waals surface area contributed by atoms with Crippen molar-refractivity contribution in [1.29, 1.82) is 0 Å². The van der Waals surface area contributed by atoms with E-state index < -0.39 is 0 Å². The van der Waals surface area contributed by atoms with Crippen molar-refractivity contribution in [3.05, 3.63) is 101 Å². The lowest BCUT2D eigenvalue weighted by molar-refractivity contribution is 0.306. The van der Waals surface area contributed by atoms with E-state index in [1.807, 2.05) is 18.2 Å². The van der Waals surface area contributed by atoms with Crippen molar-refractivity contribution in [2.24, 2.45) is 0 Å². The van der Waals surface area contributed by atoms with Crippen LogP contribution in [0.3, 0.4) is 0 Å². The maximum absolute atomic E-state index is 5.92. The molecule has 1 nitrogen and oxygen atoms in total. The zero-order chi connectivity index (χ0) is 22.1. The molecule has 0 radical (unpaired) electrons. The molecule has 0 aliphatic heterocycles. The van der Waals surface area contributed by atoms with Gasteiger partial charge in [0.05, 0.1) is 0 Å². The number of fused-ring (bicyclic) bond motifs is 1. The molecule has 0 amide bonds. The van der Waals surface area contributed by atoms with Gasteiger partial charge in [0.25, 0.3) is 0 Å². The van der Waals surface area contributed by atoms with E-state index in [1.165, 1.54) is 46.2 Å². The van der Waals surface area contributed by atoms with E-state index in [-0.39, 0.29) is 10.8 Å². The van der Waals surface area contributed by atoms with Gasteiger partial charge in [0.2, 0.25) is 0 Å². The average Bonchev–Trinajstić information content (AvgIpc) is 2.77. The van der Waals surface area contributed by atoms with Gasteiger partial charge in [-0.1, -0.05) is 94.4 Å². The molecule has 0 saturated heterocycles. The van der Waals surface area contributed by atoms with E-state index in [1.54, 1.807) is 0 Å². The summed E-state index contributed by atoms with van der Waals surface area (Å²) in [6.45, 7) is 12.3. The van der Waals surface area contributed by atoms with Crippen molar-refractivity contribution in [3.8, 4) is 5.75 Å². The van der Waals surface area contributed by atoms with Gasteiger partial charge in [-0.15, -0.1) is 0 Å². The van der Waals surface area contributed by atoms with Gasteiger partial charge < -0.3 is 4.74 Å². The van der Waals surface area contributed by atoms with Crippen LogP contribution in [0.5, 0.6) is 5.75 Å². The molecular weight excluding hydrogens is 376 g/mol. The first-order valence-corrected chi connectivity index (χ1v) is 11.4. The van der Waals surface area contributed by atoms with Crippen LogP contribution in [0.15, 0.2) is 72.8 Å². The van der Waals surface area contributed by atoms with Crippen LogP contribution in [0.25, 0.3) is 11.6 Å². The highest BCUT2D eigenvalue weighted by Crippen LogP contribution is 2.46. The van der Waals surface area contributed by atoms with Gasteiger partial charge in [-0.05, 0) is 76.1 Å². The molecule has 1 aliphatic carbocycles. The minimum absolute atomic E-state index is 0.235. The fourth-order valence-electron chi connectivity index (χ4n) is 4.57. The molecule has 0 atom stereocenters. The molecule has 31 heavy (non-hydrogen) atoms. The van der Waals surface area contributed by atoms with Gasteiger partial charge in [-0.3, -0.25) is 0 Å². The van der Waals surface area contributed by atoms with E-state index in [2.05, 4.69) is 95.3 Å². The second-order valence-corrected chi connectivity index (χ2v) is 10.2. The summed E-state index contributed by atoms with van der Waals surface area (Å²) in [6, 6.07) is 25.7. The standard InChI is InChI=1S/C30H34O/c1-22(25-13-16-27-28(20-25)30(4,5)18-17-29(27,2)3)19-23-11-14-26(15-12-23)31-21-24-9-7-6-8-10-24/h6-16,19-20H,17-18,21H2,1-5H3. The van der Waals surface area contributed by atoms with E-state index in [0.29, 0.717) is 6.61 Å². The van der Waals surface area contributed by atoms with E-state index in [9.17, 15) is 0 Å². The zero-order valence-electron chi connectivity index (χ0n) is 19.5. The Kier molecular flexibility index (Phi) is 5.79. The molecule has 0 N–H and O–H groups in total. The van der Waals surface area contributed by atoms with Crippen LogP contribution in [0.1, 0.15) is 75.3 Å². The predicted octanol–water partition coefficient (Wildman–Crippen LogP) is 8.18. The third-order valence-electron chi connectivity index (χ3n) is 6.82. The Morgan fingerprint density at radius 2 is 1.45 bits per heavy atom. The van der Waals surface area contributed by atoms with Gasteiger partial charge in [0, 0.05) is 0 Å². The summed E-state index contributed by atoms with van der Waals surface area (Å²) in [5, 5.41) is 0. The number of benzene rings is 3. The minimum Gasteiger partial charge on any atom is -0.489 e. The summed E-state index contributed by atoms with van der Waals surface area (Å²) in [5.74, 6) is 0.899. The van der Waals surface area contributed by atoms with Gasteiger partial charge in [0.1, 0.15) is 12.4 Å². The van der Waals surface area contributed by atoms with Crippen LogP contribution in [-0.2, 0) is 17.4 Å². The maximum Gasteiger partial charge on any atom is 0.119 e. The first-order valence-electron chi connectivity index (χ1n) is 11.4. The summed E-state index contributed by atoms with van der Waals surface area (Å²) >= 11 is 0. The molecule has 0 saturated carbocycles. The lowest BCUT2D eigenvalue weighted by atomic mass is 9.63. The molecule has 3 aromatic rings. The van der Waals surface area contributed by atoms with Crippen molar-refractivity contribution in [3.63, 3.8) is 0 Å². The number of hydrogen-bond acceptors (Lipinski definition) is 1. The van der Waals surface area contributed by atoms with Gasteiger partial charge in [-0.25, -0.2) is 0 Å². The molecule has 1 heteroatoms. The quantitative estimate of drug-likeness (QED) is 0.385. The normalized spacial score (nSPS) is 17.1. The minimum atomic E-state index is 0.235. The molecule has 0 unspecified atom stereocenters. The Morgan fingerprint density at radius 3 is 2.13 bits per heavy atom. The molecule has 0 aromatic heterocycles. The van der Waals surface area contributed by atoms with Gasteiger partial charge in [0.15, 0.2) is 0 Å². The van der Waals surface area contributed by atoms with Crippen molar-refractivity contribution in [2.75, 3.05) is 0 Å². The number of rotatable bonds is 5. The van der Waals surface area contributed by atoms with Crippen LogP contribution < -0.4 is 4.74 Å². The molecule has 1 aliphatic rings. The van der Waals surface area contributed by atoms with E-state index >= 15 is 0 Å². The lowest BCUT2D eigenvalue weighted by Gasteiger charge is -2.42. The van der Waals surface area contributed by atoms with E-state index in [0.717, 1.165) is 5.75 Å². The first-order chi connectivity index (χ1) is 14.7. The monoisotopic (exact) mass is 410 g/mol. The molecule has 0 fully saturated rings. The smallest absolute Gasteiger partial charge is 0.119 e. The molecule has 4 rings (SSSR count). The van der Waals surface area contributed by atoms with Crippen molar-refractivity contribution in [1.82, 2.24) is 0 Å². The highest BCUT2D eigenvalue weighted by molar-refractivity contribution is 5.80. The van der Waals surface area contributed by atoms with Crippen LogP contribution in [-0.4, -0.2) is 0 Å². The highest BCUT2D eigenvalue weighted by Gasteiger charge is 2.36. The Balaban J connectivity index is 1.52. The third-order valence-corrected chi connectivity index (χ3v) is 6.82. The second-order valence-electron chi connectivity index (χ2n) is 10.2. The first kappa shape index (κ1) is 21.4. The van der Waals surface area contributed by atoms with Crippen LogP contribution >= 0.6 is 0 Å². The maximum atomic E-state index is 5.92. The Hall–Kier alpha value is -2.80. The van der Waals surface area contributed by atoms with Gasteiger partial charge >= 0.3 is 0 Å². The fourth-order valence-corrected chi connectivity index (χ4v) is 4.57. The number of allylic oxidation sites excluding steroid dienone is 1. The van der Waals surface area contributed by atoms with Crippen LogP contribution in [0, 0.1) is 0 Å². The molecule has 0 spiro atoms. The molecule has 0 bridgehead atoms. The fraction of sp³-hybridized carbons (Fsp3) is 0.333. The van der Waals surface area contributed by atoms with Crippen molar-refractivity contribution < 1.29 is 4.74 Å². The summed E-state index contributed by atoms with van der Waals surface area (Å²) < 4.78 is 5.92. The lowest BCUT2D eigenvalue weighted by Crippen LogP contribution is -2.33. The molecular formula is C30H34O. The average molecular weight is 411 g/mol. The zero-order valence-corrected chi connectivity index (χ0v) is 19.5. The number of ether oxygens (including phenoxy) is 1. The second kappa shape index (κ2) is 8.38. The Bertz CT molecular complexity index is 1070. The molecule has 3 aromatic carbocycles. The Labute approximate surface area is 187 Å². The molecule has 0 heterocycles. The van der Waals surface area contributed by atoms with E-state index in [4.69, 9.17) is 4.74 Å². The summed E-state index contributed by atoms with van der Waals surface area (Å²) in [4.78, 5) is 0. The largest absolute Gasteiger partial charge is 0.489 e. The third kappa shape index (κ3) is 4.77. The number of hydrogen-bond donors (Lipinski definition) is 0. The summed E-state index contributed by atoms with van der Waals surface area (Å²) in [5.41, 5.74) is 8.51. The van der Waals surface area contributed by atoms with Crippen molar-refractivity contribution in [2.45, 2.75) is 64.9 Å². The SMILES string of the molecule is CC(=Cc1ccc(OCc2ccccc2)cc1)c1ccc2c(c1)C(C)(C)CCC2(C)C. The predicted molar refractivity (Wildman–Crippen MR) is 132 cm³/mol. The molecule has 160 valence electrons. The van der Waals surface area contributed by atoms with Crippen molar-refractivity contribution >= 4 is 11.6 Å². The Morgan fingerprint density at radius 1 is 0.806 bits per heavy atom. The van der Waals surface area contributed by atoms with Crippen LogP contribution in [0.4, 0.5) is 0 Å². The summed E-state index contributed by atoms with van der Waals surface area (Å²) in [6.07, 6.45) is 4.76. The van der Waals surface area contributed by atoms with Gasteiger partial charge in [-0.2, -0.15) is 0 Å². The van der Waals surface area contributed by atoms with Crippen LogP contribution in [0.2, 0.25) is 0 Å². The topological polar surface area (TPSA) is 9.23 Å².